The van der Waals surface area contributed by atoms with E-state index < -0.39 is 0 Å². The van der Waals surface area contributed by atoms with E-state index in [-0.39, 0.29) is 5.91 Å². The Morgan fingerprint density at radius 2 is 1.63 bits per heavy atom. The standard InChI is InChI=1S/C24H24N4O2/c1-30-21-11-5-18(6-12-21)23(29)26-19-7-9-20(10-8-19)27-14-24(15-27)16-28(17-24)22-4-2-3-13-25-22/h2-13H,14-17H2,1H3,(H,26,29). The van der Waals surface area contributed by atoms with E-state index in [1.54, 1.807) is 31.4 Å². The quantitative estimate of drug-likeness (QED) is 0.708. The van der Waals surface area contributed by atoms with Crippen molar-refractivity contribution in [2.75, 3.05) is 48.4 Å². The van der Waals surface area contributed by atoms with Crippen molar-refractivity contribution in [3.05, 3.63) is 78.5 Å². The van der Waals surface area contributed by atoms with E-state index in [1.165, 1.54) is 5.69 Å². The molecule has 0 atom stereocenters. The number of ether oxygens (including phenoxy) is 1. The van der Waals surface area contributed by atoms with Crippen molar-refractivity contribution >= 4 is 23.1 Å². The van der Waals surface area contributed by atoms with Crippen LogP contribution in [0.3, 0.4) is 0 Å². The van der Waals surface area contributed by atoms with Crippen LogP contribution in [0, 0.1) is 5.41 Å². The monoisotopic (exact) mass is 400 g/mol. The van der Waals surface area contributed by atoms with Gasteiger partial charge in [-0.05, 0) is 60.7 Å². The van der Waals surface area contributed by atoms with Gasteiger partial charge in [-0.2, -0.15) is 0 Å². The Hall–Kier alpha value is -3.54. The van der Waals surface area contributed by atoms with Gasteiger partial charge in [0.05, 0.1) is 7.11 Å². The number of rotatable bonds is 5. The first-order valence-electron chi connectivity index (χ1n) is 10.1. The van der Waals surface area contributed by atoms with Crippen LogP contribution in [-0.4, -0.2) is 44.2 Å². The summed E-state index contributed by atoms with van der Waals surface area (Å²) in [7, 11) is 1.61. The molecule has 6 nitrogen and oxygen atoms in total. The Kier molecular flexibility index (Phi) is 4.54. The average molecular weight is 400 g/mol. The molecular weight excluding hydrogens is 376 g/mol. The Morgan fingerprint density at radius 1 is 0.933 bits per heavy atom. The van der Waals surface area contributed by atoms with E-state index in [4.69, 9.17) is 4.74 Å². The van der Waals surface area contributed by atoms with Gasteiger partial charge in [-0.3, -0.25) is 4.79 Å². The Bertz CT molecular complexity index is 1020. The molecule has 30 heavy (non-hydrogen) atoms. The van der Waals surface area contributed by atoms with Crippen LogP contribution in [-0.2, 0) is 0 Å². The normalized spacial score (nSPS) is 16.6. The topological polar surface area (TPSA) is 57.7 Å². The first-order valence-corrected chi connectivity index (χ1v) is 10.1. The summed E-state index contributed by atoms with van der Waals surface area (Å²) in [6.45, 7) is 4.26. The van der Waals surface area contributed by atoms with E-state index in [0.29, 0.717) is 11.0 Å². The first kappa shape index (κ1) is 18.5. The molecule has 0 saturated carbocycles. The maximum absolute atomic E-state index is 12.4. The van der Waals surface area contributed by atoms with E-state index >= 15 is 0 Å². The fourth-order valence-corrected chi connectivity index (χ4v) is 4.31. The summed E-state index contributed by atoms with van der Waals surface area (Å²) >= 11 is 0. The summed E-state index contributed by atoms with van der Waals surface area (Å²) in [4.78, 5) is 21.6. The molecule has 2 aliphatic heterocycles. The minimum Gasteiger partial charge on any atom is -0.497 e. The van der Waals surface area contributed by atoms with Crippen LogP contribution in [0.1, 0.15) is 10.4 Å². The fraction of sp³-hybridized carbons (Fsp3) is 0.250. The lowest BCUT2D eigenvalue weighted by Crippen LogP contribution is -2.72. The summed E-state index contributed by atoms with van der Waals surface area (Å²) in [6, 6.07) is 21.2. The second kappa shape index (κ2) is 7.37. The van der Waals surface area contributed by atoms with Crippen molar-refractivity contribution in [2.24, 2.45) is 5.41 Å². The molecule has 152 valence electrons. The number of anilines is 3. The summed E-state index contributed by atoms with van der Waals surface area (Å²) in [5, 5.41) is 2.95. The van der Waals surface area contributed by atoms with Crippen molar-refractivity contribution < 1.29 is 9.53 Å². The number of hydrogen-bond donors (Lipinski definition) is 1. The molecule has 3 aromatic rings. The smallest absolute Gasteiger partial charge is 0.255 e. The van der Waals surface area contributed by atoms with Gasteiger partial charge in [-0.15, -0.1) is 0 Å². The van der Waals surface area contributed by atoms with Gasteiger partial charge in [0.15, 0.2) is 0 Å². The lowest BCUT2D eigenvalue weighted by atomic mass is 9.72. The SMILES string of the molecule is COc1ccc(C(=O)Nc2ccc(N3CC4(C3)CN(c3ccccn3)C4)cc2)cc1. The van der Waals surface area contributed by atoms with Crippen molar-refractivity contribution in [2.45, 2.75) is 0 Å². The molecule has 6 heteroatoms. The molecule has 2 aliphatic rings. The van der Waals surface area contributed by atoms with Crippen molar-refractivity contribution in [1.82, 2.24) is 4.98 Å². The molecule has 0 radical (unpaired) electrons. The highest BCUT2D eigenvalue weighted by atomic mass is 16.5. The van der Waals surface area contributed by atoms with Crippen molar-refractivity contribution in [1.29, 1.82) is 0 Å². The fourth-order valence-electron chi connectivity index (χ4n) is 4.31. The highest BCUT2D eigenvalue weighted by molar-refractivity contribution is 6.04. The van der Waals surface area contributed by atoms with Gasteiger partial charge >= 0.3 is 0 Å². The molecule has 0 aliphatic carbocycles. The number of carbonyl (C=O) groups excluding carboxylic acids is 1. The molecular formula is C24H24N4O2. The summed E-state index contributed by atoms with van der Waals surface area (Å²) in [5.74, 6) is 1.67. The van der Waals surface area contributed by atoms with Crippen molar-refractivity contribution in [3.8, 4) is 5.75 Å². The van der Waals surface area contributed by atoms with E-state index in [2.05, 4.69) is 38.3 Å². The molecule has 3 heterocycles. The first-order chi connectivity index (χ1) is 14.6. The largest absolute Gasteiger partial charge is 0.497 e. The highest BCUT2D eigenvalue weighted by Crippen LogP contribution is 2.43. The number of amides is 1. The molecule has 5 rings (SSSR count). The second-order valence-corrected chi connectivity index (χ2v) is 8.13. The molecule has 2 saturated heterocycles. The summed E-state index contributed by atoms with van der Waals surface area (Å²) < 4.78 is 5.13. The van der Waals surface area contributed by atoms with Gasteiger partial charge < -0.3 is 19.9 Å². The van der Waals surface area contributed by atoms with E-state index in [1.807, 2.05) is 30.5 Å². The number of aromatic nitrogens is 1. The molecule has 1 aromatic heterocycles. The minimum absolute atomic E-state index is 0.127. The number of nitrogens with one attached hydrogen (secondary N) is 1. The van der Waals surface area contributed by atoms with Crippen LogP contribution < -0.4 is 19.9 Å². The van der Waals surface area contributed by atoms with Crippen LogP contribution in [0.4, 0.5) is 17.2 Å². The zero-order valence-electron chi connectivity index (χ0n) is 16.9. The molecule has 2 aromatic carbocycles. The molecule has 1 amide bonds. The number of carbonyl (C=O) groups is 1. The van der Waals surface area contributed by atoms with Crippen LogP contribution in [0.2, 0.25) is 0 Å². The van der Waals surface area contributed by atoms with Gasteiger partial charge in [0.25, 0.3) is 5.91 Å². The molecule has 2 fully saturated rings. The van der Waals surface area contributed by atoms with E-state index in [0.717, 1.165) is 43.4 Å². The lowest BCUT2D eigenvalue weighted by molar-refractivity contribution is 0.102. The van der Waals surface area contributed by atoms with Crippen LogP contribution in [0.15, 0.2) is 72.9 Å². The van der Waals surface area contributed by atoms with Crippen LogP contribution in [0.25, 0.3) is 0 Å². The third kappa shape index (κ3) is 3.45. The second-order valence-electron chi connectivity index (χ2n) is 8.13. The minimum atomic E-state index is -0.127. The molecule has 1 N–H and O–H groups in total. The number of methoxy groups -OCH3 is 1. The predicted octanol–water partition coefficient (Wildman–Crippen LogP) is 3.67. The van der Waals surface area contributed by atoms with Gasteiger partial charge in [-0.1, -0.05) is 6.07 Å². The Labute approximate surface area is 176 Å². The third-order valence-corrected chi connectivity index (χ3v) is 5.92. The van der Waals surface area contributed by atoms with Gasteiger partial charge in [0, 0.05) is 54.7 Å². The maximum Gasteiger partial charge on any atom is 0.255 e. The third-order valence-electron chi connectivity index (χ3n) is 5.92. The van der Waals surface area contributed by atoms with Gasteiger partial charge in [-0.25, -0.2) is 4.98 Å². The number of hydrogen-bond acceptors (Lipinski definition) is 5. The van der Waals surface area contributed by atoms with Crippen LogP contribution >= 0.6 is 0 Å². The van der Waals surface area contributed by atoms with E-state index in [9.17, 15) is 4.79 Å². The Morgan fingerprint density at radius 3 is 2.27 bits per heavy atom. The van der Waals surface area contributed by atoms with Gasteiger partial charge in [0.1, 0.15) is 11.6 Å². The predicted molar refractivity (Wildman–Crippen MR) is 118 cm³/mol. The summed E-state index contributed by atoms with van der Waals surface area (Å²) in [5.41, 5.74) is 2.98. The summed E-state index contributed by atoms with van der Waals surface area (Å²) in [6.07, 6.45) is 1.85. The maximum atomic E-state index is 12.4. The lowest BCUT2D eigenvalue weighted by Gasteiger charge is -2.61. The van der Waals surface area contributed by atoms with Crippen LogP contribution in [0.5, 0.6) is 5.75 Å². The van der Waals surface area contributed by atoms with Gasteiger partial charge in [0.2, 0.25) is 0 Å². The molecule has 0 bridgehead atoms. The zero-order valence-corrected chi connectivity index (χ0v) is 16.9. The number of pyridine rings is 1. The zero-order chi connectivity index (χ0) is 20.6. The molecule has 1 spiro atoms. The average Bonchev–Trinajstić information content (AvgIpc) is 2.74. The number of nitrogens with zero attached hydrogens (tertiary/aromatic N) is 3. The number of benzene rings is 2. The van der Waals surface area contributed by atoms with Crippen molar-refractivity contribution in [3.63, 3.8) is 0 Å². The Balaban J connectivity index is 1.14. The molecule has 0 unspecified atom stereocenters. The highest BCUT2D eigenvalue weighted by Gasteiger charge is 2.52.